The molecule has 1 atom stereocenters. The topological polar surface area (TPSA) is 91.2 Å². The highest BCUT2D eigenvalue weighted by molar-refractivity contribution is 5.94. The number of nitrogens with one attached hydrogen (secondary N) is 2. The van der Waals surface area contributed by atoms with Gasteiger partial charge in [0.05, 0.1) is 18.2 Å². The molecule has 1 aliphatic carbocycles. The lowest BCUT2D eigenvalue weighted by atomic mass is 9.90. The van der Waals surface area contributed by atoms with Crippen LogP contribution in [0.2, 0.25) is 0 Å². The molecule has 37 heavy (non-hydrogen) atoms. The zero-order valence-corrected chi connectivity index (χ0v) is 21.1. The second-order valence-corrected chi connectivity index (χ2v) is 9.52. The number of hydrogen-bond acceptors (Lipinski definition) is 5. The maximum Gasteiger partial charge on any atom is 0.267 e. The van der Waals surface area contributed by atoms with Gasteiger partial charge in [-0.15, -0.1) is 0 Å². The number of aromatic nitrogens is 2. The molecule has 190 valence electrons. The van der Waals surface area contributed by atoms with Crippen LogP contribution in [-0.2, 0) is 25.8 Å². The van der Waals surface area contributed by atoms with E-state index in [1.165, 1.54) is 5.56 Å². The molecule has 7 nitrogen and oxygen atoms in total. The highest BCUT2D eigenvalue weighted by Crippen LogP contribution is 2.24. The van der Waals surface area contributed by atoms with Crippen LogP contribution >= 0.6 is 0 Å². The number of furan rings is 1. The summed E-state index contributed by atoms with van der Waals surface area (Å²) in [6.45, 7) is 3.52. The fourth-order valence-electron chi connectivity index (χ4n) is 5.12. The van der Waals surface area contributed by atoms with E-state index in [0.717, 1.165) is 60.2 Å². The van der Waals surface area contributed by atoms with Crippen LogP contribution in [-0.4, -0.2) is 27.5 Å². The first-order valence-corrected chi connectivity index (χ1v) is 12.9. The van der Waals surface area contributed by atoms with E-state index in [4.69, 9.17) is 4.42 Å². The second-order valence-electron chi connectivity index (χ2n) is 9.52. The molecule has 0 bridgehead atoms. The number of benzene rings is 2. The summed E-state index contributed by atoms with van der Waals surface area (Å²) >= 11 is 0. The Labute approximate surface area is 216 Å². The van der Waals surface area contributed by atoms with Crippen LogP contribution in [0.25, 0.3) is 0 Å². The van der Waals surface area contributed by atoms with Gasteiger partial charge in [0.2, 0.25) is 0 Å². The number of rotatable bonds is 9. The van der Waals surface area contributed by atoms with Crippen LogP contribution in [0, 0.1) is 0 Å². The molecule has 0 aliphatic heterocycles. The Hall–Kier alpha value is -3.97. The Bertz CT molecular complexity index is 1400. The van der Waals surface area contributed by atoms with Crippen molar-refractivity contribution in [3.8, 4) is 0 Å². The first kappa shape index (κ1) is 24.7. The molecule has 5 rings (SSSR count). The maximum absolute atomic E-state index is 13.5. The predicted molar refractivity (Wildman–Crippen MR) is 142 cm³/mol. The van der Waals surface area contributed by atoms with Crippen LogP contribution < -0.4 is 10.9 Å². The lowest BCUT2D eigenvalue weighted by Crippen LogP contribution is -2.41. The lowest BCUT2D eigenvalue weighted by Gasteiger charge is -2.31. The van der Waals surface area contributed by atoms with Crippen LogP contribution in [0.4, 0.5) is 0 Å². The van der Waals surface area contributed by atoms with Crippen molar-refractivity contribution >= 4 is 5.91 Å². The summed E-state index contributed by atoms with van der Waals surface area (Å²) in [5.74, 6) is -0.156. The molecular formula is C30H32N4O3. The Morgan fingerprint density at radius 3 is 2.59 bits per heavy atom. The van der Waals surface area contributed by atoms with Crippen molar-refractivity contribution in [2.24, 2.45) is 0 Å². The number of carbonyl (C=O) groups excluding carboxylic acids is 1. The highest BCUT2D eigenvalue weighted by atomic mass is 16.3. The number of nitrogens with zero attached hydrogens (tertiary/aromatic N) is 2. The quantitative estimate of drug-likeness (QED) is 0.325. The second kappa shape index (κ2) is 11.4. The predicted octanol–water partition coefficient (Wildman–Crippen LogP) is 4.78. The van der Waals surface area contributed by atoms with Gasteiger partial charge in [-0.3, -0.25) is 14.5 Å². The first-order valence-electron chi connectivity index (χ1n) is 12.9. The summed E-state index contributed by atoms with van der Waals surface area (Å²) in [5, 5.41) is 10.2. The molecule has 2 aromatic heterocycles. The SMILES string of the molecule is CCN(Cc1ccccc1)C(NC(=O)c1cccc(Cc2n[nH]c(=O)c3c2CCCC3)c1)c1ccoc1. The average Bonchev–Trinajstić information content (AvgIpc) is 3.48. The minimum absolute atomic E-state index is 0.0761. The van der Waals surface area contributed by atoms with Crippen molar-refractivity contribution in [3.05, 3.63) is 123 Å². The van der Waals surface area contributed by atoms with E-state index in [-0.39, 0.29) is 17.6 Å². The molecule has 0 spiro atoms. The zero-order chi connectivity index (χ0) is 25.6. The number of fused-ring (bicyclic) bond motifs is 1. The van der Waals surface area contributed by atoms with E-state index in [1.54, 1.807) is 12.5 Å². The molecule has 0 radical (unpaired) electrons. The van der Waals surface area contributed by atoms with Crippen molar-refractivity contribution in [1.29, 1.82) is 0 Å². The van der Waals surface area contributed by atoms with Gasteiger partial charge < -0.3 is 9.73 Å². The lowest BCUT2D eigenvalue weighted by molar-refractivity contribution is 0.0841. The van der Waals surface area contributed by atoms with Crippen molar-refractivity contribution in [1.82, 2.24) is 20.4 Å². The standard InChI is InChI=1S/C30H32N4O3/c1-2-34(19-21-9-4-3-5-10-21)28(24-15-16-37-20-24)31-29(35)23-12-8-11-22(17-23)18-27-25-13-6-7-14-26(25)30(36)33-32-27/h3-5,8-12,15-17,20,28H,2,6-7,13-14,18-19H2,1H3,(H,31,35)(H,33,36). The van der Waals surface area contributed by atoms with E-state index >= 15 is 0 Å². The molecule has 7 heteroatoms. The van der Waals surface area contributed by atoms with Gasteiger partial charge in [-0.25, -0.2) is 5.10 Å². The molecular weight excluding hydrogens is 464 g/mol. The summed E-state index contributed by atoms with van der Waals surface area (Å²) in [7, 11) is 0. The molecule has 1 unspecified atom stereocenters. The van der Waals surface area contributed by atoms with E-state index < -0.39 is 0 Å². The maximum atomic E-state index is 13.5. The minimum atomic E-state index is -0.340. The molecule has 0 saturated carbocycles. The summed E-state index contributed by atoms with van der Waals surface area (Å²) < 4.78 is 5.36. The largest absolute Gasteiger partial charge is 0.472 e. The van der Waals surface area contributed by atoms with Crippen LogP contribution in [0.3, 0.4) is 0 Å². The van der Waals surface area contributed by atoms with E-state index in [0.29, 0.717) is 18.5 Å². The van der Waals surface area contributed by atoms with E-state index in [9.17, 15) is 9.59 Å². The Morgan fingerprint density at radius 1 is 1.05 bits per heavy atom. The summed E-state index contributed by atoms with van der Waals surface area (Å²) in [6.07, 6.45) is 7.32. The molecule has 1 amide bonds. The molecule has 2 heterocycles. The molecule has 0 fully saturated rings. The van der Waals surface area contributed by atoms with Gasteiger partial charge in [0.25, 0.3) is 11.5 Å². The summed E-state index contributed by atoms with van der Waals surface area (Å²) in [6, 6.07) is 19.8. The van der Waals surface area contributed by atoms with Crippen molar-refractivity contribution < 1.29 is 9.21 Å². The fourth-order valence-corrected chi connectivity index (χ4v) is 5.12. The first-order chi connectivity index (χ1) is 18.1. The van der Waals surface area contributed by atoms with Gasteiger partial charge in [0, 0.05) is 29.7 Å². The average molecular weight is 497 g/mol. The van der Waals surface area contributed by atoms with Gasteiger partial charge in [-0.2, -0.15) is 5.10 Å². The normalized spacial score (nSPS) is 13.8. The molecule has 4 aromatic rings. The van der Waals surface area contributed by atoms with Crippen LogP contribution in [0.5, 0.6) is 0 Å². The van der Waals surface area contributed by atoms with Gasteiger partial charge in [0.15, 0.2) is 0 Å². The molecule has 2 aromatic carbocycles. The minimum Gasteiger partial charge on any atom is -0.472 e. The third kappa shape index (κ3) is 5.73. The van der Waals surface area contributed by atoms with Crippen LogP contribution in [0.15, 0.2) is 82.4 Å². The number of hydrogen-bond donors (Lipinski definition) is 2. The number of carbonyl (C=O) groups is 1. The number of H-pyrrole nitrogens is 1. The molecule has 2 N–H and O–H groups in total. The van der Waals surface area contributed by atoms with Gasteiger partial charge >= 0.3 is 0 Å². The monoisotopic (exact) mass is 496 g/mol. The van der Waals surface area contributed by atoms with E-state index in [1.807, 2.05) is 48.5 Å². The highest BCUT2D eigenvalue weighted by Gasteiger charge is 2.24. The molecule has 1 aliphatic rings. The van der Waals surface area contributed by atoms with Crippen molar-refractivity contribution in [2.75, 3.05) is 6.54 Å². The van der Waals surface area contributed by atoms with Gasteiger partial charge in [0.1, 0.15) is 6.17 Å². The molecule has 0 saturated heterocycles. The Morgan fingerprint density at radius 2 is 1.84 bits per heavy atom. The van der Waals surface area contributed by atoms with Gasteiger partial charge in [-0.1, -0.05) is 49.4 Å². The number of amides is 1. The van der Waals surface area contributed by atoms with E-state index in [2.05, 4.69) is 39.5 Å². The van der Waals surface area contributed by atoms with Crippen LogP contribution in [0.1, 0.15) is 69.8 Å². The number of aromatic amines is 1. The third-order valence-electron chi connectivity index (χ3n) is 7.07. The fraction of sp³-hybridized carbons (Fsp3) is 0.300. The van der Waals surface area contributed by atoms with Crippen molar-refractivity contribution in [3.63, 3.8) is 0 Å². The Kier molecular flexibility index (Phi) is 7.61. The Balaban J connectivity index is 1.36. The van der Waals surface area contributed by atoms with Gasteiger partial charge in [-0.05, 0) is 67.1 Å². The zero-order valence-electron chi connectivity index (χ0n) is 21.1. The van der Waals surface area contributed by atoms with Crippen molar-refractivity contribution in [2.45, 2.75) is 51.7 Å². The summed E-state index contributed by atoms with van der Waals surface area (Å²) in [5.41, 5.74) is 6.39. The summed E-state index contributed by atoms with van der Waals surface area (Å²) in [4.78, 5) is 27.9. The third-order valence-corrected chi connectivity index (χ3v) is 7.07. The smallest absolute Gasteiger partial charge is 0.267 e.